The Morgan fingerprint density at radius 2 is 1.88 bits per heavy atom. The summed E-state index contributed by atoms with van der Waals surface area (Å²) >= 11 is 1.62. The van der Waals surface area contributed by atoms with Crippen LogP contribution in [0.4, 0.5) is 0 Å². The second-order valence-electron chi connectivity index (χ2n) is 5.82. The summed E-state index contributed by atoms with van der Waals surface area (Å²) in [5.41, 5.74) is 4.44. The zero-order valence-corrected chi connectivity index (χ0v) is 15.6. The number of methoxy groups -OCH3 is 1. The molecule has 0 saturated heterocycles. The smallest absolute Gasteiger partial charge is 0.247 e. The largest absolute Gasteiger partial charge is 0.496 e. The number of carbonyl (C=O) groups is 1. The van der Waals surface area contributed by atoms with Crippen LogP contribution in [0, 0.1) is 0 Å². The topological polar surface area (TPSA) is 47.6 Å². The summed E-state index contributed by atoms with van der Waals surface area (Å²) in [6.45, 7) is 0.284. The van der Waals surface area contributed by atoms with Gasteiger partial charge < -0.3 is 4.74 Å². The molecule has 0 aromatic heterocycles. The average molecular weight is 367 g/mol. The number of fused-ring (bicyclic) bond motifs is 1. The zero-order chi connectivity index (χ0) is 18.4. The Balaban J connectivity index is 1.57. The summed E-state index contributed by atoms with van der Waals surface area (Å²) in [6.07, 6.45) is 2.28. The molecule has 1 amide bonds. The monoisotopic (exact) mass is 367 g/mol. The summed E-state index contributed by atoms with van der Waals surface area (Å²) < 4.78 is 5.36. The van der Waals surface area contributed by atoms with Gasteiger partial charge in [-0.2, -0.15) is 0 Å². The number of amides is 1. The highest BCUT2D eigenvalue weighted by Gasteiger charge is 2.08. The molecule has 3 aromatic carbocycles. The molecule has 3 aromatic rings. The van der Waals surface area contributed by atoms with Gasteiger partial charge in [-0.1, -0.05) is 48.5 Å². The molecule has 0 spiro atoms. The van der Waals surface area contributed by atoms with Gasteiger partial charge in [0.1, 0.15) is 5.75 Å². The first kappa shape index (κ1) is 18.3. The summed E-state index contributed by atoms with van der Waals surface area (Å²) in [4.78, 5) is 18.6. The SMILES string of the molecule is COc1cc(CONC(=O)Cc2cccc3ccccc23)ccc1SC. The Bertz CT molecular complexity index is 905. The van der Waals surface area contributed by atoms with Crippen molar-refractivity contribution in [1.82, 2.24) is 5.48 Å². The molecule has 0 aliphatic carbocycles. The number of rotatable bonds is 7. The predicted molar refractivity (Wildman–Crippen MR) is 105 cm³/mol. The molecule has 0 atom stereocenters. The first-order valence-electron chi connectivity index (χ1n) is 8.29. The van der Waals surface area contributed by atoms with E-state index in [1.54, 1.807) is 18.9 Å². The lowest BCUT2D eigenvalue weighted by Crippen LogP contribution is -2.25. The Hall–Kier alpha value is -2.50. The van der Waals surface area contributed by atoms with Gasteiger partial charge in [0.15, 0.2) is 0 Å². The van der Waals surface area contributed by atoms with Crippen molar-refractivity contribution >= 4 is 28.4 Å². The minimum Gasteiger partial charge on any atom is -0.496 e. The fourth-order valence-electron chi connectivity index (χ4n) is 2.83. The van der Waals surface area contributed by atoms with Crippen molar-refractivity contribution in [3.8, 4) is 5.75 Å². The third-order valence-electron chi connectivity index (χ3n) is 4.10. The first-order valence-corrected chi connectivity index (χ1v) is 9.52. The molecular formula is C21H21NO3S. The van der Waals surface area contributed by atoms with Crippen LogP contribution in [0.25, 0.3) is 10.8 Å². The van der Waals surface area contributed by atoms with Crippen LogP contribution in [0.15, 0.2) is 65.6 Å². The molecule has 0 radical (unpaired) electrons. The van der Waals surface area contributed by atoms with E-state index in [1.165, 1.54) is 0 Å². The summed E-state index contributed by atoms with van der Waals surface area (Å²) in [7, 11) is 1.64. The second kappa shape index (κ2) is 8.74. The lowest BCUT2D eigenvalue weighted by molar-refractivity contribution is -0.133. The van der Waals surface area contributed by atoms with Gasteiger partial charge in [0, 0.05) is 4.90 Å². The number of carbonyl (C=O) groups excluding carboxylic acids is 1. The molecular weight excluding hydrogens is 346 g/mol. The number of hydrogen-bond donors (Lipinski definition) is 1. The number of thioether (sulfide) groups is 1. The average Bonchev–Trinajstić information content (AvgIpc) is 2.68. The van der Waals surface area contributed by atoms with Gasteiger partial charge in [-0.05, 0) is 40.3 Å². The minimum atomic E-state index is -0.172. The van der Waals surface area contributed by atoms with Crippen LogP contribution in [0.5, 0.6) is 5.75 Å². The van der Waals surface area contributed by atoms with E-state index in [-0.39, 0.29) is 18.9 Å². The van der Waals surface area contributed by atoms with Crippen LogP contribution in [-0.4, -0.2) is 19.3 Å². The van der Waals surface area contributed by atoms with Crippen LogP contribution < -0.4 is 10.2 Å². The first-order chi connectivity index (χ1) is 12.7. The lowest BCUT2D eigenvalue weighted by Gasteiger charge is -2.10. The number of hydroxylamine groups is 1. The highest BCUT2D eigenvalue weighted by Crippen LogP contribution is 2.28. The molecule has 0 aliphatic rings. The second-order valence-corrected chi connectivity index (χ2v) is 6.67. The maximum Gasteiger partial charge on any atom is 0.247 e. The molecule has 0 unspecified atom stereocenters. The molecule has 4 nitrogen and oxygen atoms in total. The van der Waals surface area contributed by atoms with E-state index in [2.05, 4.69) is 5.48 Å². The van der Waals surface area contributed by atoms with Gasteiger partial charge in [0.2, 0.25) is 5.91 Å². The minimum absolute atomic E-state index is 0.172. The van der Waals surface area contributed by atoms with Crippen molar-refractivity contribution in [3.05, 3.63) is 71.8 Å². The predicted octanol–water partition coefficient (Wildman–Crippen LogP) is 4.36. The van der Waals surface area contributed by atoms with Crippen molar-refractivity contribution in [3.63, 3.8) is 0 Å². The van der Waals surface area contributed by atoms with E-state index in [0.717, 1.165) is 32.5 Å². The maximum absolute atomic E-state index is 12.2. The van der Waals surface area contributed by atoms with Crippen molar-refractivity contribution in [1.29, 1.82) is 0 Å². The Kier molecular flexibility index (Phi) is 6.15. The molecule has 0 saturated carbocycles. The summed E-state index contributed by atoms with van der Waals surface area (Å²) in [5.74, 6) is 0.634. The molecule has 0 aliphatic heterocycles. The number of benzene rings is 3. The van der Waals surface area contributed by atoms with Gasteiger partial charge in [0.05, 0.1) is 20.1 Å². The van der Waals surface area contributed by atoms with Gasteiger partial charge in [-0.15, -0.1) is 11.8 Å². The molecule has 0 fully saturated rings. The number of ether oxygens (including phenoxy) is 1. The summed E-state index contributed by atoms with van der Waals surface area (Å²) in [5, 5.41) is 2.21. The standard InChI is InChI=1S/C21H21NO3S/c1-24-19-12-15(10-11-20(19)26-2)14-25-22-21(23)13-17-8-5-7-16-6-3-4-9-18(16)17/h3-12H,13-14H2,1-2H3,(H,22,23). The van der Waals surface area contributed by atoms with E-state index in [9.17, 15) is 4.79 Å². The van der Waals surface area contributed by atoms with Gasteiger partial charge in [-0.3, -0.25) is 9.63 Å². The maximum atomic E-state index is 12.2. The summed E-state index contributed by atoms with van der Waals surface area (Å²) in [6, 6.07) is 19.9. The Labute approximate surface area is 157 Å². The Morgan fingerprint density at radius 1 is 1.08 bits per heavy atom. The normalized spacial score (nSPS) is 10.7. The van der Waals surface area contributed by atoms with Crippen LogP contribution in [0.3, 0.4) is 0 Å². The van der Waals surface area contributed by atoms with Gasteiger partial charge >= 0.3 is 0 Å². The van der Waals surface area contributed by atoms with E-state index in [0.29, 0.717) is 0 Å². The van der Waals surface area contributed by atoms with Crippen molar-refractivity contribution in [2.24, 2.45) is 0 Å². The highest BCUT2D eigenvalue weighted by atomic mass is 32.2. The molecule has 0 heterocycles. The third kappa shape index (κ3) is 4.36. The van der Waals surface area contributed by atoms with E-state index in [4.69, 9.17) is 9.57 Å². The van der Waals surface area contributed by atoms with Crippen molar-refractivity contribution in [2.75, 3.05) is 13.4 Å². The van der Waals surface area contributed by atoms with E-state index < -0.39 is 0 Å². The molecule has 1 N–H and O–H groups in total. The number of hydrogen-bond acceptors (Lipinski definition) is 4. The van der Waals surface area contributed by atoms with Crippen LogP contribution in [-0.2, 0) is 22.7 Å². The lowest BCUT2D eigenvalue weighted by atomic mass is 10.0. The van der Waals surface area contributed by atoms with Crippen molar-refractivity contribution < 1.29 is 14.4 Å². The van der Waals surface area contributed by atoms with Gasteiger partial charge in [0.25, 0.3) is 0 Å². The fourth-order valence-corrected chi connectivity index (χ4v) is 3.37. The quantitative estimate of drug-likeness (QED) is 0.498. The molecule has 0 bridgehead atoms. The van der Waals surface area contributed by atoms with E-state index in [1.807, 2.05) is 66.9 Å². The van der Waals surface area contributed by atoms with E-state index >= 15 is 0 Å². The highest BCUT2D eigenvalue weighted by molar-refractivity contribution is 7.98. The molecule has 134 valence electrons. The third-order valence-corrected chi connectivity index (χ3v) is 4.88. The van der Waals surface area contributed by atoms with Crippen LogP contribution in [0.1, 0.15) is 11.1 Å². The fraction of sp³-hybridized carbons (Fsp3) is 0.190. The number of nitrogens with one attached hydrogen (secondary N) is 1. The molecule has 5 heteroatoms. The zero-order valence-electron chi connectivity index (χ0n) is 14.8. The molecule has 26 heavy (non-hydrogen) atoms. The Morgan fingerprint density at radius 3 is 2.69 bits per heavy atom. The van der Waals surface area contributed by atoms with Crippen LogP contribution >= 0.6 is 11.8 Å². The molecule has 3 rings (SSSR count). The van der Waals surface area contributed by atoms with Crippen LogP contribution in [0.2, 0.25) is 0 Å². The van der Waals surface area contributed by atoms with Gasteiger partial charge in [-0.25, -0.2) is 5.48 Å². The van der Waals surface area contributed by atoms with Crippen molar-refractivity contribution in [2.45, 2.75) is 17.9 Å².